The summed E-state index contributed by atoms with van der Waals surface area (Å²) in [6.45, 7) is 4.52. The summed E-state index contributed by atoms with van der Waals surface area (Å²) >= 11 is 15.3. The Hall–Kier alpha value is -2.06. The minimum atomic E-state index is -0.523. The molecule has 0 spiro atoms. The van der Waals surface area contributed by atoms with Crippen LogP contribution in [0.5, 0.6) is 11.5 Å². The SMILES string of the molecule is CCOc1cc(/C=C(\C#N)C(=O)Nc2c(Br)cc(C)cc2Br)cc(I)c1OCc1ccccc1Cl. The summed E-state index contributed by atoms with van der Waals surface area (Å²) in [5, 5.41) is 13.1. The van der Waals surface area contributed by atoms with Gasteiger partial charge < -0.3 is 14.8 Å². The van der Waals surface area contributed by atoms with E-state index in [1.54, 1.807) is 6.07 Å². The van der Waals surface area contributed by atoms with E-state index in [4.69, 9.17) is 21.1 Å². The number of amides is 1. The highest BCUT2D eigenvalue weighted by atomic mass is 127. The zero-order chi connectivity index (χ0) is 25.5. The van der Waals surface area contributed by atoms with Gasteiger partial charge in [0, 0.05) is 19.5 Å². The molecule has 0 saturated carbocycles. The van der Waals surface area contributed by atoms with Crippen LogP contribution in [0.1, 0.15) is 23.6 Å². The van der Waals surface area contributed by atoms with Gasteiger partial charge in [0.25, 0.3) is 5.91 Å². The molecule has 0 heterocycles. The van der Waals surface area contributed by atoms with Gasteiger partial charge in [-0.05, 0) is 116 Å². The summed E-state index contributed by atoms with van der Waals surface area (Å²) in [5.74, 6) is 0.559. The second kappa shape index (κ2) is 12.8. The number of carbonyl (C=O) groups excluding carboxylic acids is 1. The van der Waals surface area contributed by atoms with Crippen molar-refractivity contribution in [3.63, 3.8) is 0 Å². The maximum absolute atomic E-state index is 12.9. The molecule has 3 aromatic carbocycles. The Morgan fingerprint density at radius 1 is 1.17 bits per heavy atom. The van der Waals surface area contributed by atoms with Gasteiger partial charge in [0.15, 0.2) is 11.5 Å². The van der Waals surface area contributed by atoms with Crippen LogP contribution in [0, 0.1) is 21.8 Å². The number of nitriles is 1. The molecule has 0 bridgehead atoms. The lowest BCUT2D eigenvalue weighted by Gasteiger charge is -2.15. The van der Waals surface area contributed by atoms with Gasteiger partial charge in [-0.15, -0.1) is 0 Å². The summed E-state index contributed by atoms with van der Waals surface area (Å²) < 4.78 is 14.0. The molecule has 0 aromatic heterocycles. The van der Waals surface area contributed by atoms with Gasteiger partial charge >= 0.3 is 0 Å². The quantitative estimate of drug-likeness (QED) is 0.144. The molecule has 0 atom stereocenters. The van der Waals surface area contributed by atoms with E-state index in [2.05, 4.69) is 59.8 Å². The highest BCUT2D eigenvalue weighted by molar-refractivity contribution is 14.1. The third-order valence-corrected chi connectivity index (χ3v) is 7.18. The Balaban J connectivity index is 1.89. The largest absolute Gasteiger partial charge is 0.490 e. The molecule has 1 amide bonds. The van der Waals surface area contributed by atoms with Crippen molar-refractivity contribution in [2.45, 2.75) is 20.5 Å². The normalized spacial score (nSPS) is 11.1. The first-order valence-electron chi connectivity index (χ1n) is 10.4. The maximum Gasteiger partial charge on any atom is 0.266 e. The first kappa shape index (κ1) is 27.5. The van der Waals surface area contributed by atoms with Gasteiger partial charge in [-0.3, -0.25) is 4.79 Å². The first-order valence-corrected chi connectivity index (χ1v) is 13.5. The average molecular weight is 731 g/mol. The molecule has 0 radical (unpaired) electrons. The van der Waals surface area contributed by atoms with Crippen LogP contribution in [0.2, 0.25) is 5.02 Å². The van der Waals surface area contributed by atoms with Crippen LogP contribution in [0.15, 0.2) is 63.0 Å². The van der Waals surface area contributed by atoms with Crippen LogP contribution < -0.4 is 14.8 Å². The average Bonchev–Trinajstić information content (AvgIpc) is 2.80. The molecular formula is C26H20Br2ClIN2O3. The Labute approximate surface area is 239 Å². The van der Waals surface area contributed by atoms with E-state index in [0.717, 1.165) is 14.7 Å². The van der Waals surface area contributed by atoms with Gasteiger partial charge in [0.2, 0.25) is 0 Å². The molecule has 0 unspecified atom stereocenters. The van der Waals surface area contributed by atoms with Crippen molar-refractivity contribution in [1.29, 1.82) is 5.26 Å². The number of ether oxygens (including phenoxy) is 2. The number of aryl methyl sites for hydroxylation is 1. The van der Waals surface area contributed by atoms with Gasteiger partial charge in [0.05, 0.1) is 15.9 Å². The molecule has 0 aliphatic carbocycles. The second-order valence-electron chi connectivity index (χ2n) is 7.37. The fraction of sp³-hybridized carbons (Fsp3) is 0.154. The number of nitrogens with one attached hydrogen (secondary N) is 1. The molecule has 9 heteroatoms. The number of hydrogen-bond acceptors (Lipinski definition) is 4. The number of nitrogens with zero attached hydrogens (tertiary/aromatic N) is 1. The molecule has 180 valence electrons. The van der Waals surface area contributed by atoms with Crippen LogP contribution in [0.4, 0.5) is 5.69 Å². The number of anilines is 1. The first-order chi connectivity index (χ1) is 16.7. The highest BCUT2D eigenvalue weighted by Crippen LogP contribution is 2.36. The van der Waals surface area contributed by atoms with Crippen molar-refractivity contribution < 1.29 is 14.3 Å². The molecule has 3 aromatic rings. The predicted octanol–water partition coefficient (Wildman–Crippen LogP) is 8.30. The van der Waals surface area contributed by atoms with E-state index >= 15 is 0 Å². The van der Waals surface area contributed by atoms with Crippen LogP contribution in [0.25, 0.3) is 6.08 Å². The van der Waals surface area contributed by atoms with Gasteiger partial charge in [-0.2, -0.15) is 5.26 Å². The Morgan fingerprint density at radius 3 is 2.49 bits per heavy atom. The Morgan fingerprint density at radius 2 is 1.86 bits per heavy atom. The van der Waals surface area contributed by atoms with Gasteiger partial charge in [-0.1, -0.05) is 29.8 Å². The van der Waals surface area contributed by atoms with Crippen molar-refractivity contribution in [1.82, 2.24) is 0 Å². The van der Waals surface area contributed by atoms with Crippen molar-refractivity contribution in [3.05, 3.63) is 88.3 Å². The zero-order valence-corrected chi connectivity index (χ0v) is 24.9. The topological polar surface area (TPSA) is 71.3 Å². The molecule has 0 saturated heterocycles. The second-order valence-corrected chi connectivity index (χ2v) is 10.6. The number of rotatable bonds is 8. The summed E-state index contributed by atoms with van der Waals surface area (Å²) in [6, 6.07) is 16.8. The van der Waals surface area contributed by atoms with Crippen LogP contribution in [-0.2, 0) is 11.4 Å². The minimum Gasteiger partial charge on any atom is -0.490 e. The van der Waals surface area contributed by atoms with E-state index in [1.807, 2.05) is 62.4 Å². The van der Waals surface area contributed by atoms with E-state index < -0.39 is 5.91 Å². The van der Waals surface area contributed by atoms with E-state index in [-0.39, 0.29) is 12.2 Å². The molecule has 3 rings (SSSR count). The van der Waals surface area contributed by atoms with Gasteiger partial charge in [-0.25, -0.2) is 0 Å². The Kier molecular flexibility index (Phi) is 10.0. The predicted molar refractivity (Wildman–Crippen MR) is 155 cm³/mol. The summed E-state index contributed by atoms with van der Waals surface area (Å²) in [5.41, 5.74) is 3.01. The van der Waals surface area contributed by atoms with Crippen LogP contribution in [0.3, 0.4) is 0 Å². The molecule has 5 nitrogen and oxygen atoms in total. The van der Waals surface area contributed by atoms with Crippen LogP contribution >= 0.6 is 66.1 Å². The summed E-state index contributed by atoms with van der Waals surface area (Å²) in [7, 11) is 0. The zero-order valence-electron chi connectivity index (χ0n) is 18.8. The summed E-state index contributed by atoms with van der Waals surface area (Å²) in [6.07, 6.45) is 1.52. The molecule has 0 aliphatic heterocycles. The van der Waals surface area contributed by atoms with E-state index in [0.29, 0.717) is 43.3 Å². The number of benzene rings is 3. The summed E-state index contributed by atoms with van der Waals surface area (Å²) in [4.78, 5) is 12.9. The third kappa shape index (κ3) is 7.23. The number of halogens is 4. The lowest BCUT2D eigenvalue weighted by atomic mass is 10.1. The van der Waals surface area contributed by atoms with E-state index in [1.165, 1.54) is 6.08 Å². The van der Waals surface area contributed by atoms with Crippen molar-refractivity contribution >= 4 is 83.7 Å². The number of carbonyl (C=O) groups is 1. The highest BCUT2D eigenvalue weighted by Gasteiger charge is 2.17. The fourth-order valence-corrected chi connectivity index (χ4v) is 5.74. The lowest BCUT2D eigenvalue weighted by molar-refractivity contribution is -0.112. The molecule has 35 heavy (non-hydrogen) atoms. The third-order valence-electron chi connectivity index (χ3n) is 4.76. The van der Waals surface area contributed by atoms with Crippen LogP contribution in [-0.4, -0.2) is 12.5 Å². The van der Waals surface area contributed by atoms with Crippen molar-refractivity contribution in [2.24, 2.45) is 0 Å². The molecular weight excluding hydrogens is 710 g/mol. The standard InChI is InChI=1S/C26H20Br2ClIN2O3/c1-3-34-23-12-16(11-22(30)25(23)35-14-17-6-4-5-7-21(17)29)10-18(13-31)26(33)32-24-19(27)8-15(2)9-20(24)28/h4-12H,3,14H2,1-2H3,(H,32,33)/b18-10+. The maximum atomic E-state index is 12.9. The van der Waals surface area contributed by atoms with Crippen molar-refractivity contribution in [2.75, 3.05) is 11.9 Å². The fourth-order valence-electron chi connectivity index (χ4n) is 3.16. The minimum absolute atomic E-state index is 0.0487. The molecule has 0 fully saturated rings. The smallest absolute Gasteiger partial charge is 0.266 e. The van der Waals surface area contributed by atoms with E-state index in [9.17, 15) is 10.1 Å². The monoisotopic (exact) mass is 728 g/mol. The lowest BCUT2D eigenvalue weighted by Crippen LogP contribution is -2.14. The Bertz CT molecular complexity index is 1320. The number of hydrogen-bond donors (Lipinski definition) is 1. The van der Waals surface area contributed by atoms with Gasteiger partial charge in [0.1, 0.15) is 18.2 Å². The molecule has 1 N–H and O–H groups in total. The van der Waals surface area contributed by atoms with Crippen molar-refractivity contribution in [3.8, 4) is 17.6 Å². The molecule has 0 aliphatic rings.